The number of benzene rings is 2. The van der Waals surface area contributed by atoms with Gasteiger partial charge in [-0.05, 0) is 56.2 Å². The second-order valence-corrected chi connectivity index (χ2v) is 8.06. The summed E-state index contributed by atoms with van der Waals surface area (Å²) in [5, 5.41) is 3.57. The maximum absolute atomic E-state index is 13.1. The zero-order valence-electron chi connectivity index (χ0n) is 18.3. The number of nitrogens with one attached hydrogen (secondary N) is 1. The third kappa shape index (κ3) is 5.44. The number of hydrogen-bond acceptors (Lipinski definition) is 3. The maximum atomic E-state index is 13.1. The highest BCUT2D eigenvalue weighted by atomic mass is 35.5. The van der Waals surface area contributed by atoms with Crippen LogP contribution in [-0.4, -0.2) is 39.4 Å². The average molecular weight is 441 g/mol. The quantitative estimate of drug-likeness (QED) is 0.518. The molecule has 31 heavy (non-hydrogen) atoms. The molecular formula is C24H29ClN4O2. The van der Waals surface area contributed by atoms with Gasteiger partial charge in [-0.15, -0.1) is 0 Å². The Morgan fingerprint density at radius 1 is 1.06 bits per heavy atom. The van der Waals surface area contributed by atoms with E-state index in [0.29, 0.717) is 16.4 Å². The largest absolute Gasteiger partial charge is 0.342 e. The summed E-state index contributed by atoms with van der Waals surface area (Å²) in [6.45, 7) is 7.68. The summed E-state index contributed by atoms with van der Waals surface area (Å²) < 4.78 is 1.92. The molecule has 1 atom stereocenters. The average Bonchev–Trinajstić information content (AvgIpc) is 3.12. The number of amides is 2. The van der Waals surface area contributed by atoms with Crippen LogP contribution < -0.4 is 5.32 Å². The molecule has 1 aromatic heterocycles. The minimum atomic E-state index is -0.380. The lowest BCUT2D eigenvalue weighted by molar-refractivity contribution is -0.131. The number of imidazole rings is 1. The first kappa shape index (κ1) is 22.8. The molecule has 0 saturated carbocycles. The minimum Gasteiger partial charge on any atom is -0.342 e. The van der Waals surface area contributed by atoms with Gasteiger partial charge in [0.25, 0.3) is 5.91 Å². The summed E-state index contributed by atoms with van der Waals surface area (Å²) in [6.07, 6.45) is 1.83. The van der Waals surface area contributed by atoms with E-state index in [1.807, 2.05) is 40.7 Å². The zero-order valence-corrected chi connectivity index (χ0v) is 19.0. The number of halogens is 1. The van der Waals surface area contributed by atoms with E-state index < -0.39 is 0 Å². The molecule has 164 valence electrons. The minimum absolute atomic E-state index is 0.0596. The fourth-order valence-electron chi connectivity index (χ4n) is 3.67. The Morgan fingerprint density at radius 2 is 1.71 bits per heavy atom. The van der Waals surface area contributed by atoms with Gasteiger partial charge in [-0.25, -0.2) is 4.98 Å². The standard InChI is InChI=1S/C24H29ClN4O2/c1-4-14-28(15-5-2)22(30)16-29-21-9-7-6-8-20(21)27-23(29)17(3)26-24(31)18-10-12-19(25)13-11-18/h6-13,17H,4-5,14-16H2,1-3H3,(H,26,31). The lowest BCUT2D eigenvalue weighted by atomic mass is 10.2. The van der Waals surface area contributed by atoms with E-state index in [2.05, 4.69) is 19.2 Å². The van der Waals surface area contributed by atoms with Crippen LogP contribution in [0, 0.1) is 0 Å². The monoisotopic (exact) mass is 440 g/mol. The highest BCUT2D eigenvalue weighted by molar-refractivity contribution is 6.30. The van der Waals surface area contributed by atoms with Crippen molar-refractivity contribution in [1.82, 2.24) is 19.8 Å². The highest BCUT2D eigenvalue weighted by Crippen LogP contribution is 2.22. The van der Waals surface area contributed by atoms with Crippen molar-refractivity contribution in [2.45, 2.75) is 46.2 Å². The normalized spacial score (nSPS) is 12.0. The molecule has 2 amide bonds. The van der Waals surface area contributed by atoms with Crippen molar-refractivity contribution in [1.29, 1.82) is 0 Å². The first-order chi connectivity index (χ1) is 14.9. The van der Waals surface area contributed by atoms with Gasteiger partial charge in [0.1, 0.15) is 12.4 Å². The Kier molecular flexibility index (Phi) is 7.69. The Hall–Kier alpha value is -2.86. The molecule has 0 saturated heterocycles. The lowest BCUT2D eigenvalue weighted by Gasteiger charge is -2.23. The Morgan fingerprint density at radius 3 is 2.35 bits per heavy atom. The van der Waals surface area contributed by atoms with Gasteiger partial charge in [0.15, 0.2) is 0 Å². The summed E-state index contributed by atoms with van der Waals surface area (Å²) in [4.78, 5) is 32.4. The lowest BCUT2D eigenvalue weighted by Crippen LogP contribution is -2.36. The second kappa shape index (κ2) is 10.4. The molecular weight excluding hydrogens is 412 g/mol. The first-order valence-electron chi connectivity index (χ1n) is 10.7. The summed E-state index contributed by atoms with van der Waals surface area (Å²) in [6, 6.07) is 14.1. The predicted molar refractivity (Wildman–Crippen MR) is 124 cm³/mol. The van der Waals surface area contributed by atoms with Crippen molar-refractivity contribution in [3.63, 3.8) is 0 Å². The number of para-hydroxylation sites is 2. The van der Waals surface area contributed by atoms with Gasteiger partial charge in [-0.2, -0.15) is 0 Å². The molecule has 1 N–H and O–H groups in total. The fraction of sp³-hybridized carbons (Fsp3) is 0.375. The van der Waals surface area contributed by atoms with Gasteiger partial charge in [-0.3, -0.25) is 9.59 Å². The van der Waals surface area contributed by atoms with E-state index in [-0.39, 0.29) is 24.4 Å². The molecule has 0 aliphatic rings. The van der Waals surface area contributed by atoms with E-state index in [0.717, 1.165) is 37.0 Å². The number of aromatic nitrogens is 2. The van der Waals surface area contributed by atoms with Gasteiger partial charge < -0.3 is 14.8 Å². The topological polar surface area (TPSA) is 67.2 Å². The van der Waals surface area contributed by atoms with E-state index in [9.17, 15) is 9.59 Å². The van der Waals surface area contributed by atoms with Crippen LogP contribution >= 0.6 is 11.6 Å². The summed E-state index contributed by atoms with van der Waals surface area (Å²) in [5.41, 5.74) is 2.20. The molecule has 0 bridgehead atoms. The Balaban J connectivity index is 1.88. The van der Waals surface area contributed by atoms with E-state index in [1.54, 1.807) is 24.3 Å². The third-order valence-corrected chi connectivity index (χ3v) is 5.41. The van der Waals surface area contributed by atoms with Gasteiger partial charge >= 0.3 is 0 Å². The van der Waals surface area contributed by atoms with Crippen LogP contribution in [0.4, 0.5) is 0 Å². The number of carbonyl (C=O) groups is 2. The summed E-state index contributed by atoms with van der Waals surface area (Å²) >= 11 is 5.92. The molecule has 0 spiro atoms. The van der Waals surface area contributed by atoms with Crippen molar-refractivity contribution in [3.8, 4) is 0 Å². The molecule has 3 aromatic rings. The van der Waals surface area contributed by atoms with Crippen LogP contribution in [0.5, 0.6) is 0 Å². The molecule has 0 radical (unpaired) electrons. The molecule has 0 aliphatic heterocycles. The van der Waals surface area contributed by atoms with Crippen LogP contribution in [0.3, 0.4) is 0 Å². The second-order valence-electron chi connectivity index (χ2n) is 7.63. The van der Waals surface area contributed by atoms with Gasteiger partial charge in [0, 0.05) is 23.7 Å². The summed E-state index contributed by atoms with van der Waals surface area (Å²) in [5.74, 6) is 0.502. The van der Waals surface area contributed by atoms with Crippen LogP contribution in [0.25, 0.3) is 11.0 Å². The van der Waals surface area contributed by atoms with E-state index >= 15 is 0 Å². The summed E-state index contributed by atoms with van der Waals surface area (Å²) in [7, 11) is 0. The van der Waals surface area contributed by atoms with Crippen LogP contribution in [0.1, 0.15) is 55.8 Å². The van der Waals surface area contributed by atoms with Crippen molar-refractivity contribution < 1.29 is 9.59 Å². The fourth-order valence-corrected chi connectivity index (χ4v) is 3.80. The zero-order chi connectivity index (χ0) is 22.4. The predicted octanol–water partition coefficient (Wildman–Crippen LogP) is 4.83. The van der Waals surface area contributed by atoms with E-state index in [1.165, 1.54) is 0 Å². The molecule has 1 unspecified atom stereocenters. The van der Waals surface area contributed by atoms with Crippen LogP contribution in [-0.2, 0) is 11.3 Å². The smallest absolute Gasteiger partial charge is 0.251 e. The van der Waals surface area contributed by atoms with Crippen LogP contribution in [0.2, 0.25) is 5.02 Å². The van der Waals surface area contributed by atoms with Crippen molar-refractivity contribution in [3.05, 3.63) is 64.9 Å². The molecule has 7 heteroatoms. The highest BCUT2D eigenvalue weighted by Gasteiger charge is 2.22. The Bertz CT molecular complexity index is 1040. The number of fused-ring (bicyclic) bond motifs is 1. The van der Waals surface area contributed by atoms with Crippen LogP contribution in [0.15, 0.2) is 48.5 Å². The van der Waals surface area contributed by atoms with E-state index in [4.69, 9.17) is 16.6 Å². The van der Waals surface area contributed by atoms with Gasteiger partial charge in [0.05, 0.1) is 17.1 Å². The van der Waals surface area contributed by atoms with Crippen molar-refractivity contribution in [2.24, 2.45) is 0 Å². The molecule has 0 fully saturated rings. The van der Waals surface area contributed by atoms with Gasteiger partial charge in [-0.1, -0.05) is 37.6 Å². The van der Waals surface area contributed by atoms with Crippen molar-refractivity contribution >= 4 is 34.4 Å². The molecule has 1 heterocycles. The number of carbonyl (C=O) groups excluding carboxylic acids is 2. The molecule has 6 nitrogen and oxygen atoms in total. The number of rotatable bonds is 9. The third-order valence-electron chi connectivity index (χ3n) is 5.16. The van der Waals surface area contributed by atoms with Gasteiger partial charge in [0.2, 0.25) is 5.91 Å². The Labute approximate surface area is 188 Å². The number of nitrogens with zero attached hydrogens (tertiary/aromatic N) is 3. The van der Waals surface area contributed by atoms with Crippen molar-refractivity contribution in [2.75, 3.05) is 13.1 Å². The molecule has 0 aliphatic carbocycles. The first-order valence-corrected chi connectivity index (χ1v) is 11.1. The molecule has 2 aromatic carbocycles. The number of hydrogen-bond donors (Lipinski definition) is 1. The molecule has 3 rings (SSSR count). The SMILES string of the molecule is CCCN(CCC)C(=O)Cn1c(C(C)NC(=O)c2ccc(Cl)cc2)nc2ccccc21. The maximum Gasteiger partial charge on any atom is 0.251 e.